The van der Waals surface area contributed by atoms with Crippen LogP contribution < -0.4 is 0 Å². The fourth-order valence-corrected chi connectivity index (χ4v) is 4.43. The van der Waals surface area contributed by atoms with Gasteiger partial charge in [-0.1, -0.05) is 35.4 Å². The average molecular weight is 284 g/mol. The third kappa shape index (κ3) is 1.99. The van der Waals surface area contributed by atoms with Gasteiger partial charge in [-0.3, -0.25) is 4.90 Å². The quantitative estimate of drug-likeness (QED) is 0.654. The van der Waals surface area contributed by atoms with E-state index in [-0.39, 0.29) is 0 Å². The molecular formula is C14H22BrN. The number of allylic oxidation sites excluding steroid dienone is 1. The van der Waals surface area contributed by atoms with Crippen molar-refractivity contribution < 1.29 is 0 Å². The van der Waals surface area contributed by atoms with Crippen molar-refractivity contribution in [3.8, 4) is 0 Å². The maximum Gasteiger partial charge on any atom is 0.00983 e. The minimum atomic E-state index is 0.761. The Bertz CT molecular complexity index is 299. The van der Waals surface area contributed by atoms with Crippen molar-refractivity contribution in [3.63, 3.8) is 0 Å². The van der Waals surface area contributed by atoms with Gasteiger partial charge in [-0.15, -0.1) is 0 Å². The van der Waals surface area contributed by atoms with E-state index >= 15 is 0 Å². The van der Waals surface area contributed by atoms with Crippen LogP contribution in [0.25, 0.3) is 0 Å². The molecule has 16 heavy (non-hydrogen) atoms. The van der Waals surface area contributed by atoms with Crippen molar-refractivity contribution in [1.82, 2.24) is 4.90 Å². The molecule has 2 aliphatic heterocycles. The van der Waals surface area contributed by atoms with E-state index in [2.05, 4.69) is 33.8 Å². The third-order valence-electron chi connectivity index (χ3n) is 4.88. The van der Waals surface area contributed by atoms with Crippen molar-refractivity contribution in [3.05, 3.63) is 10.6 Å². The first-order chi connectivity index (χ1) is 7.74. The lowest BCUT2D eigenvalue weighted by atomic mass is 9.72. The number of hydrogen-bond acceptors (Lipinski definition) is 1. The molecule has 0 N–H and O–H groups in total. The van der Waals surface area contributed by atoms with Gasteiger partial charge in [0, 0.05) is 12.6 Å². The van der Waals surface area contributed by atoms with Crippen LogP contribution in [0.15, 0.2) is 10.6 Å². The number of rotatable bonds is 0. The van der Waals surface area contributed by atoms with Crippen molar-refractivity contribution in [2.45, 2.75) is 45.1 Å². The van der Waals surface area contributed by atoms with Crippen LogP contribution in [0.5, 0.6) is 0 Å². The lowest BCUT2D eigenvalue weighted by Gasteiger charge is -2.48. The zero-order valence-electron chi connectivity index (χ0n) is 10.2. The van der Waals surface area contributed by atoms with Crippen LogP contribution >= 0.6 is 15.9 Å². The Hall–Kier alpha value is 0.180. The number of hydrogen-bond donors (Lipinski definition) is 0. The summed E-state index contributed by atoms with van der Waals surface area (Å²) < 4.78 is 1.46. The summed E-state index contributed by atoms with van der Waals surface area (Å²) in [4.78, 5) is 2.76. The first kappa shape index (κ1) is 11.3. The van der Waals surface area contributed by atoms with E-state index in [1.165, 1.54) is 49.7 Å². The predicted octanol–water partition coefficient (Wildman–Crippen LogP) is 3.80. The molecule has 0 amide bonds. The molecule has 4 atom stereocenters. The van der Waals surface area contributed by atoms with Gasteiger partial charge in [-0.25, -0.2) is 0 Å². The van der Waals surface area contributed by atoms with Crippen LogP contribution in [0.2, 0.25) is 0 Å². The molecule has 0 bridgehead atoms. The molecule has 2 heterocycles. The molecule has 90 valence electrons. The van der Waals surface area contributed by atoms with E-state index in [0.717, 1.165) is 23.8 Å². The van der Waals surface area contributed by atoms with Gasteiger partial charge in [-0.2, -0.15) is 0 Å². The Morgan fingerprint density at radius 1 is 1.31 bits per heavy atom. The summed E-state index contributed by atoms with van der Waals surface area (Å²) in [6.45, 7) is 5.05. The van der Waals surface area contributed by atoms with E-state index in [9.17, 15) is 0 Å². The van der Waals surface area contributed by atoms with E-state index < -0.39 is 0 Å². The second kappa shape index (κ2) is 4.45. The Morgan fingerprint density at radius 3 is 3.06 bits per heavy atom. The zero-order chi connectivity index (χ0) is 11.1. The Kier molecular flexibility index (Phi) is 3.14. The Morgan fingerprint density at radius 2 is 2.19 bits per heavy atom. The van der Waals surface area contributed by atoms with Crippen molar-refractivity contribution in [2.75, 3.05) is 13.1 Å². The minimum absolute atomic E-state index is 0.761. The molecule has 1 unspecified atom stereocenters. The normalized spacial score (nSPS) is 44.5. The highest BCUT2D eigenvalue weighted by molar-refractivity contribution is 9.11. The summed E-state index contributed by atoms with van der Waals surface area (Å²) >= 11 is 3.75. The molecule has 1 aliphatic carbocycles. The second-order valence-corrected chi connectivity index (χ2v) is 6.91. The van der Waals surface area contributed by atoms with Crippen LogP contribution in [-0.2, 0) is 0 Å². The Labute approximate surface area is 107 Å². The summed E-state index contributed by atoms with van der Waals surface area (Å²) in [5.41, 5.74) is 0. The molecule has 2 heteroatoms. The van der Waals surface area contributed by atoms with Crippen LogP contribution in [0.3, 0.4) is 0 Å². The molecule has 3 aliphatic rings. The minimum Gasteiger partial charge on any atom is -0.300 e. The van der Waals surface area contributed by atoms with Crippen molar-refractivity contribution >= 4 is 15.9 Å². The highest BCUT2D eigenvalue weighted by atomic mass is 79.9. The smallest absolute Gasteiger partial charge is 0.00983 e. The van der Waals surface area contributed by atoms with Crippen molar-refractivity contribution in [2.24, 2.45) is 17.8 Å². The van der Waals surface area contributed by atoms with Crippen LogP contribution in [0, 0.1) is 17.8 Å². The van der Waals surface area contributed by atoms with Gasteiger partial charge in [0.15, 0.2) is 0 Å². The summed E-state index contributed by atoms with van der Waals surface area (Å²) in [6.07, 6.45) is 9.74. The van der Waals surface area contributed by atoms with Gasteiger partial charge < -0.3 is 0 Å². The first-order valence-corrected chi connectivity index (χ1v) is 7.64. The first-order valence-electron chi connectivity index (χ1n) is 6.85. The molecule has 0 aromatic heterocycles. The molecule has 0 spiro atoms. The van der Waals surface area contributed by atoms with E-state index in [1.807, 2.05) is 0 Å². The monoisotopic (exact) mass is 283 g/mol. The molecular weight excluding hydrogens is 262 g/mol. The number of halogens is 1. The fourth-order valence-electron chi connectivity index (χ4n) is 3.91. The highest BCUT2D eigenvalue weighted by Crippen LogP contribution is 2.43. The van der Waals surface area contributed by atoms with Gasteiger partial charge in [0.1, 0.15) is 0 Å². The number of fused-ring (bicyclic) bond motifs is 2. The molecule has 0 aromatic rings. The van der Waals surface area contributed by atoms with Gasteiger partial charge in [-0.05, 0) is 54.5 Å². The highest BCUT2D eigenvalue weighted by Gasteiger charge is 2.38. The number of nitrogens with zero attached hydrogens (tertiary/aromatic N) is 1. The Balaban J connectivity index is 1.76. The SMILES string of the molecule is C[C@H]1C[C@@H]2CC3CCCCN3C[C@H]2C=C1Br. The fraction of sp³-hybridized carbons (Fsp3) is 0.857. The topological polar surface area (TPSA) is 3.24 Å². The van der Waals surface area contributed by atoms with Crippen LogP contribution in [-0.4, -0.2) is 24.0 Å². The lowest BCUT2D eigenvalue weighted by Crippen LogP contribution is -2.50. The lowest BCUT2D eigenvalue weighted by molar-refractivity contribution is 0.0426. The maximum atomic E-state index is 3.75. The van der Waals surface area contributed by atoms with Gasteiger partial charge in [0.2, 0.25) is 0 Å². The van der Waals surface area contributed by atoms with E-state index in [1.54, 1.807) is 0 Å². The average Bonchev–Trinajstić information content (AvgIpc) is 2.28. The summed E-state index contributed by atoms with van der Waals surface area (Å²) in [5, 5.41) is 0. The van der Waals surface area contributed by atoms with E-state index in [4.69, 9.17) is 0 Å². The molecule has 3 rings (SSSR count). The van der Waals surface area contributed by atoms with Crippen LogP contribution in [0.4, 0.5) is 0 Å². The summed E-state index contributed by atoms with van der Waals surface area (Å²) in [6, 6.07) is 0.924. The van der Waals surface area contributed by atoms with Gasteiger partial charge in [0.25, 0.3) is 0 Å². The molecule has 1 nitrogen and oxygen atoms in total. The standard InChI is InChI=1S/C14H22BrN/c1-10-6-11-7-13-4-2-3-5-16(13)9-12(11)8-14(10)15/h8,10-13H,2-7,9H2,1H3/t10-,11+,12+,13?/m0/s1. The van der Waals surface area contributed by atoms with Gasteiger partial charge >= 0.3 is 0 Å². The second-order valence-electron chi connectivity index (χ2n) is 5.99. The zero-order valence-corrected chi connectivity index (χ0v) is 11.7. The summed E-state index contributed by atoms with van der Waals surface area (Å²) in [5.74, 6) is 2.56. The van der Waals surface area contributed by atoms with Crippen LogP contribution in [0.1, 0.15) is 39.0 Å². The third-order valence-corrected chi connectivity index (χ3v) is 5.92. The van der Waals surface area contributed by atoms with Gasteiger partial charge in [0.05, 0.1) is 0 Å². The molecule has 0 saturated carbocycles. The number of piperidine rings is 2. The maximum absolute atomic E-state index is 3.75. The summed E-state index contributed by atoms with van der Waals surface area (Å²) in [7, 11) is 0. The molecule has 0 aromatic carbocycles. The van der Waals surface area contributed by atoms with E-state index in [0.29, 0.717) is 0 Å². The predicted molar refractivity (Wildman–Crippen MR) is 71.6 cm³/mol. The largest absolute Gasteiger partial charge is 0.300 e. The molecule has 2 saturated heterocycles. The van der Waals surface area contributed by atoms with Crippen molar-refractivity contribution in [1.29, 1.82) is 0 Å². The molecule has 2 fully saturated rings. The molecule has 0 radical (unpaired) electrons.